The fourth-order valence-corrected chi connectivity index (χ4v) is 3.28. The molecule has 0 fully saturated rings. The Labute approximate surface area is 164 Å². The van der Waals surface area contributed by atoms with E-state index in [1.165, 1.54) is 12.1 Å². The molecule has 0 amide bonds. The van der Waals surface area contributed by atoms with E-state index >= 15 is 0 Å². The van der Waals surface area contributed by atoms with Crippen molar-refractivity contribution in [2.75, 3.05) is 13.7 Å². The molecule has 0 aliphatic rings. The standard InChI is InChI=1S/C23H24FNO3/c1-4-6-21-22(23(26)28-5-2)20(16-7-9-17(24)10-8-16)15-25(21)18-11-13-19(27-3)14-12-18/h7-15H,4-6H2,1-3H3. The Hall–Kier alpha value is -3.08. The van der Waals surface area contributed by atoms with E-state index in [-0.39, 0.29) is 11.8 Å². The van der Waals surface area contributed by atoms with E-state index in [1.54, 1.807) is 26.2 Å². The predicted octanol–water partition coefficient (Wildman–Crippen LogP) is 5.42. The number of methoxy groups -OCH3 is 1. The van der Waals surface area contributed by atoms with Crippen LogP contribution in [0.2, 0.25) is 0 Å². The third-order valence-corrected chi connectivity index (χ3v) is 4.58. The minimum atomic E-state index is -0.363. The molecule has 3 aromatic rings. The summed E-state index contributed by atoms with van der Waals surface area (Å²) in [6.45, 7) is 4.15. The highest BCUT2D eigenvalue weighted by atomic mass is 19.1. The molecule has 0 aliphatic heterocycles. The molecule has 146 valence electrons. The molecule has 1 aromatic heterocycles. The van der Waals surface area contributed by atoms with Crippen LogP contribution in [0.3, 0.4) is 0 Å². The van der Waals surface area contributed by atoms with Gasteiger partial charge in [-0.05, 0) is 55.3 Å². The van der Waals surface area contributed by atoms with Crippen molar-refractivity contribution in [3.8, 4) is 22.6 Å². The molecule has 0 saturated carbocycles. The van der Waals surface area contributed by atoms with Crippen LogP contribution in [0.4, 0.5) is 4.39 Å². The number of aromatic nitrogens is 1. The van der Waals surface area contributed by atoms with Crippen molar-refractivity contribution in [2.24, 2.45) is 0 Å². The number of ether oxygens (including phenoxy) is 2. The first-order valence-corrected chi connectivity index (χ1v) is 9.40. The smallest absolute Gasteiger partial charge is 0.340 e. The number of halogens is 1. The number of carbonyl (C=O) groups excluding carboxylic acids is 1. The van der Waals surface area contributed by atoms with Gasteiger partial charge < -0.3 is 14.0 Å². The van der Waals surface area contributed by atoms with Crippen molar-refractivity contribution in [2.45, 2.75) is 26.7 Å². The first-order chi connectivity index (χ1) is 13.6. The average molecular weight is 381 g/mol. The summed E-state index contributed by atoms with van der Waals surface area (Å²) in [6.07, 6.45) is 3.50. The maximum atomic E-state index is 13.4. The van der Waals surface area contributed by atoms with Gasteiger partial charge in [0.25, 0.3) is 0 Å². The Balaban J connectivity index is 2.22. The quantitative estimate of drug-likeness (QED) is 0.513. The van der Waals surface area contributed by atoms with Gasteiger partial charge in [0.1, 0.15) is 11.6 Å². The Morgan fingerprint density at radius 1 is 1.04 bits per heavy atom. The average Bonchev–Trinajstić information content (AvgIpc) is 3.08. The molecule has 0 N–H and O–H groups in total. The summed E-state index contributed by atoms with van der Waals surface area (Å²) in [5.74, 6) is 0.0830. The summed E-state index contributed by atoms with van der Waals surface area (Å²) in [4.78, 5) is 12.8. The highest BCUT2D eigenvalue weighted by molar-refractivity contribution is 5.99. The Bertz CT molecular complexity index is 943. The fourth-order valence-electron chi connectivity index (χ4n) is 3.28. The van der Waals surface area contributed by atoms with E-state index in [1.807, 2.05) is 35.0 Å². The monoisotopic (exact) mass is 381 g/mol. The van der Waals surface area contributed by atoms with Gasteiger partial charge in [-0.1, -0.05) is 25.5 Å². The summed E-state index contributed by atoms with van der Waals surface area (Å²) < 4.78 is 26.0. The van der Waals surface area contributed by atoms with Crippen LogP contribution in [0.1, 0.15) is 36.3 Å². The van der Waals surface area contributed by atoms with Crippen LogP contribution < -0.4 is 4.74 Å². The third kappa shape index (κ3) is 3.93. The van der Waals surface area contributed by atoms with Crippen LogP contribution in [0.5, 0.6) is 5.75 Å². The second-order valence-corrected chi connectivity index (χ2v) is 6.41. The largest absolute Gasteiger partial charge is 0.497 e. The summed E-state index contributed by atoms with van der Waals surface area (Å²) in [5.41, 5.74) is 3.84. The van der Waals surface area contributed by atoms with Crippen LogP contribution in [-0.4, -0.2) is 24.3 Å². The number of hydrogen-bond acceptors (Lipinski definition) is 3. The molecule has 28 heavy (non-hydrogen) atoms. The lowest BCUT2D eigenvalue weighted by atomic mass is 10.0. The van der Waals surface area contributed by atoms with E-state index in [4.69, 9.17) is 9.47 Å². The molecular weight excluding hydrogens is 357 g/mol. The van der Waals surface area contributed by atoms with E-state index in [0.717, 1.165) is 34.7 Å². The number of carbonyl (C=O) groups is 1. The second kappa shape index (κ2) is 8.74. The molecule has 0 unspecified atom stereocenters. The summed E-state index contributed by atoms with van der Waals surface area (Å²) >= 11 is 0. The number of esters is 1. The zero-order chi connectivity index (χ0) is 20.1. The number of hydrogen-bond donors (Lipinski definition) is 0. The van der Waals surface area contributed by atoms with E-state index in [2.05, 4.69) is 6.92 Å². The van der Waals surface area contributed by atoms with Crippen molar-refractivity contribution < 1.29 is 18.7 Å². The van der Waals surface area contributed by atoms with Gasteiger partial charge in [-0.25, -0.2) is 9.18 Å². The molecule has 3 rings (SSSR count). The molecule has 0 atom stereocenters. The summed E-state index contributed by atoms with van der Waals surface area (Å²) in [5, 5.41) is 0. The molecule has 0 aliphatic carbocycles. The van der Waals surface area contributed by atoms with Crippen molar-refractivity contribution in [1.29, 1.82) is 0 Å². The lowest BCUT2D eigenvalue weighted by Gasteiger charge is -2.11. The Kier molecular flexibility index (Phi) is 6.14. The third-order valence-electron chi connectivity index (χ3n) is 4.58. The van der Waals surface area contributed by atoms with Gasteiger partial charge in [-0.15, -0.1) is 0 Å². The number of benzene rings is 2. The Morgan fingerprint density at radius 2 is 1.71 bits per heavy atom. The van der Waals surface area contributed by atoms with Crippen LogP contribution >= 0.6 is 0 Å². The molecule has 1 heterocycles. The number of rotatable bonds is 7. The van der Waals surface area contributed by atoms with Crippen molar-refractivity contribution >= 4 is 5.97 Å². The molecule has 0 saturated heterocycles. The molecule has 0 bridgehead atoms. The molecule has 0 radical (unpaired) electrons. The molecule has 4 nitrogen and oxygen atoms in total. The number of nitrogens with zero attached hydrogens (tertiary/aromatic N) is 1. The van der Waals surface area contributed by atoms with Crippen molar-refractivity contribution in [1.82, 2.24) is 4.57 Å². The molecule has 2 aromatic carbocycles. The van der Waals surface area contributed by atoms with Gasteiger partial charge >= 0.3 is 5.97 Å². The van der Waals surface area contributed by atoms with Gasteiger partial charge in [-0.2, -0.15) is 0 Å². The first-order valence-electron chi connectivity index (χ1n) is 9.40. The fraction of sp³-hybridized carbons (Fsp3) is 0.261. The van der Waals surface area contributed by atoms with E-state index < -0.39 is 0 Å². The highest BCUT2D eigenvalue weighted by Gasteiger charge is 2.24. The summed E-state index contributed by atoms with van der Waals surface area (Å²) in [6, 6.07) is 13.8. The zero-order valence-corrected chi connectivity index (χ0v) is 16.4. The van der Waals surface area contributed by atoms with Gasteiger partial charge in [0.15, 0.2) is 0 Å². The van der Waals surface area contributed by atoms with Gasteiger partial charge in [-0.3, -0.25) is 0 Å². The maximum Gasteiger partial charge on any atom is 0.340 e. The minimum absolute atomic E-state index is 0.293. The first kappa shape index (κ1) is 19.7. The van der Waals surface area contributed by atoms with Crippen LogP contribution in [-0.2, 0) is 11.2 Å². The van der Waals surface area contributed by atoms with Crippen molar-refractivity contribution in [3.63, 3.8) is 0 Å². The second-order valence-electron chi connectivity index (χ2n) is 6.41. The van der Waals surface area contributed by atoms with Gasteiger partial charge in [0.2, 0.25) is 0 Å². The van der Waals surface area contributed by atoms with Gasteiger partial charge in [0.05, 0.1) is 19.3 Å². The van der Waals surface area contributed by atoms with E-state index in [0.29, 0.717) is 18.6 Å². The van der Waals surface area contributed by atoms with Crippen LogP contribution in [0.25, 0.3) is 16.8 Å². The molecule has 0 spiro atoms. The predicted molar refractivity (Wildman–Crippen MR) is 108 cm³/mol. The maximum absolute atomic E-state index is 13.4. The highest BCUT2D eigenvalue weighted by Crippen LogP contribution is 2.32. The Morgan fingerprint density at radius 3 is 2.29 bits per heavy atom. The zero-order valence-electron chi connectivity index (χ0n) is 16.4. The normalized spacial score (nSPS) is 10.7. The minimum Gasteiger partial charge on any atom is -0.497 e. The van der Waals surface area contributed by atoms with Crippen LogP contribution in [0.15, 0.2) is 54.7 Å². The van der Waals surface area contributed by atoms with Gasteiger partial charge in [0, 0.05) is 23.1 Å². The summed E-state index contributed by atoms with van der Waals surface area (Å²) in [7, 11) is 1.62. The van der Waals surface area contributed by atoms with Crippen molar-refractivity contribution in [3.05, 3.63) is 71.8 Å². The van der Waals surface area contributed by atoms with E-state index in [9.17, 15) is 9.18 Å². The lowest BCUT2D eigenvalue weighted by molar-refractivity contribution is 0.0526. The molecule has 5 heteroatoms. The van der Waals surface area contributed by atoms with Crippen LogP contribution in [0, 0.1) is 5.82 Å². The topological polar surface area (TPSA) is 40.5 Å². The lowest BCUT2D eigenvalue weighted by Crippen LogP contribution is -2.10. The SMILES string of the molecule is CCCc1c(C(=O)OCC)c(-c2ccc(F)cc2)cn1-c1ccc(OC)cc1. The molecular formula is C23H24FNO3.